The number of nitrogens with one attached hydrogen (secondary N) is 2. The summed E-state index contributed by atoms with van der Waals surface area (Å²) in [5, 5.41) is 48.7. The summed E-state index contributed by atoms with van der Waals surface area (Å²) in [5.74, 6) is -5.46. The fraction of sp³-hybridized carbons (Fsp3) is 0.448. The first-order chi connectivity index (χ1) is 23.5. The third kappa shape index (κ3) is 7.23. The Morgan fingerprint density at radius 3 is 2.52 bits per heavy atom. The van der Waals surface area contributed by atoms with E-state index >= 15 is 0 Å². The zero-order chi connectivity index (χ0) is 36.5. The van der Waals surface area contributed by atoms with Gasteiger partial charge in [0.05, 0.1) is 32.4 Å². The van der Waals surface area contributed by atoms with Gasteiger partial charge < -0.3 is 46.2 Å². The van der Waals surface area contributed by atoms with Gasteiger partial charge in [0.2, 0.25) is 11.0 Å². The third-order valence-corrected chi connectivity index (χ3v) is 10.6. The summed E-state index contributed by atoms with van der Waals surface area (Å²) in [4.78, 5) is 85.6. The molecule has 0 aliphatic carbocycles. The highest BCUT2D eigenvalue weighted by molar-refractivity contribution is 8.00. The van der Waals surface area contributed by atoms with Crippen LogP contribution in [0.5, 0.6) is 5.75 Å². The quantitative estimate of drug-likeness (QED) is 0.0436. The first-order valence-electron chi connectivity index (χ1n) is 15.2. The number of anilines is 1. The van der Waals surface area contributed by atoms with Crippen LogP contribution in [0, 0.1) is 0 Å². The maximum Gasteiger partial charge on any atom is 0.352 e. The number of carboxylic acid groups (broad SMARTS) is 2. The number of β-lactam (4-membered cyclic amide) rings is 1. The van der Waals surface area contributed by atoms with E-state index in [1.807, 2.05) is 0 Å². The number of nitrogens with zero attached hydrogens (tertiary/aromatic N) is 5. The molecule has 8 N–H and O–H groups in total. The van der Waals surface area contributed by atoms with Gasteiger partial charge in [-0.15, -0.1) is 23.1 Å². The number of rotatable bonds is 13. The molecule has 2 atom stereocenters. The Hall–Kier alpha value is -5.15. The van der Waals surface area contributed by atoms with Crippen molar-refractivity contribution < 1.29 is 53.8 Å². The van der Waals surface area contributed by atoms with E-state index in [1.54, 1.807) is 0 Å². The number of carboxylic acids is 2. The number of thioether (sulfide) groups is 1. The van der Waals surface area contributed by atoms with Crippen molar-refractivity contribution in [2.45, 2.75) is 43.7 Å². The van der Waals surface area contributed by atoms with Crippen molar-refractivity contribution in [3.05, 3.63) is 50.5 Å². The van der Waals surface area contributed by atoms with Gasteiger partial charge in [-0.25, -0.2) is 14.6 Å². The Bertz CT molecular complexity index is 1860. The lowest BCUT2D eigenvalue weighted by Gasteiger charge is -2.50. The normalized spacial score (nSPS) is 20.2. The van der Waals surface area contributed by atoms with Crippen LogP contribution < -0.4 is 21.8 Å². The lowest BCUT2D eigenvalue weighted by molar-refractivity contribution is -0.911. The second kappa shape index (κ2) is 14.0. The molecule has 21 heteroatoms. The van der Waals surface area contributed by atoms with Crippen LogP contribution in [0.25, 0.3) is 0 Å². The summed E-state index contributed by atoms with van der Waals surface area (Å²) >= 11 is 2.27. The standard InChI is InChI=1S/C29H34N8O11S2/c1-29(2,27(45)46)48-34-19(15-13-50-28(30)32-15)23(41)33-20-24(42)36-21(26(43)44)14(12-49-25(20)36)11-37(6-3-4-7-37)8-5-31-22(40)16-9-17(38)18(39)10-35(16)47/h9-10,13,20,25,47H,3-8,11-12H2,1-2H3,(H6-,30,31,32,33,39,40,41,43,44,45,46)/p+1/b34-19-/t20-,25-/m1/s1. The van der Waals surface area contributed by atoms with E-state index in [4.69, 9.17) is 10.6 Å². The fourth-order valence-electron chi connectivity index (χ4n) is 5.87. The van der Waals surface area contributed by atoms with Crippen molar-refractivity contribution in [2.24, 2.45) is 5.16 Å². The van der Waals surface area contributed by atoms with Crippen LogP contribution in [-0.4, -0.2) is 130 Å². The van der Waals surface area contributed by atoms with Gasteiger partial charge in [-0.1, -0.05) is 5.16 Å². The predicted octanol–water partition coefficient (Wildman–Crippen LogP) is -0.807. The summed E-state index contributed by atoms with van der Waals surface area (Å²) in [5.41, 5.74) is 2.61. The summed E-state index contributed by atoms with van der Waals surface area (Å²) < 4.78 is 0.771. The lowest BCUT2D eigenvalue weighted by atomic mass is 10.0. The molecule has 0 bridgehead atoms. The number of hydrogen-bond acceptors (Lipinski definition) is 14. The molecule has 0 radical (unpaired) electrons. The zero-order valence-corrected chi connectivity index (χ0v) is 28.5. The monoisotopic (exact) mass is 735 g/mol. The average molecular weight is 736 g/mol. The average Bonchev–Trinajstić information content (AvgIpc) is 3.70. The Morgan fingerprint density at radius 2 is 1.90 bits per heavy atom. The molecule has 3 amide bonds. The predicted molar refractivity (Wildman–Crippen MR) is 176 cm³/mol. The van der Waals surface area contributed by atoms with Gasteiger partial charge in [0.15, 0.2) is 16.6 Å². The van der Waals surface area contributed by atoms with Crippen LogP contribution in [-0.2, 0) is 24.0 Å². The first kappa shape index (κ1) is 36.1. The molecule has 2 aromatic rings. The van der Waals surface area contributed by atoms with Gasteiger partial charge >= 0.3 is 11.9 Å². The molecule has 2 fully saturated rings. The van der Waals surface area contributed by atoms with Crippen LogP contribution in [0.2, 0.25) is 0 Å². The fourth-order valence-corrected chi connectivity index (χ4v) is 7.75. The molecule has 19 nitrogen and oxygen atoms in total. The maximum absolute atomic E-state index is 13.4. The molecule has 2 saturated heterocycles. The Morgan fingerprint density at radius 1 is 1.20 bits per heavy atom. The van der Waals surface area contributed by atoms with E-state index in [9.17, 15) is 49.3 Å². The molecule has 0 unspecified atom stereocenters. The zero-order valence-electron chi connectivity index (χ0n) is 26.8. The van der Waals surface area contributed by atoms with E-state index in [0.29, 0.717) is 40.6 Å². The van der Waals surface area contributed by atoms with Crippen molar-refractivity contribution >= 4 is 63.6 Å². The second-order valence-electron chi connectivity index (χ2n) is 12.4. The summed E-state index contributed by atoms with van der Waals surface area (Å²) in [6.45, 7) is 4.61. The number of nitrogens with two attached hydrogens (primary N) is 1. The lowest BCUT2D eigenvalue weighted by Crippen LogP contribution is -2.71. The number of fused-ring (bicyclic) bond motifs is 1. The van der Waals surface area contributed by atoms with Gasteiger partial charge in [-0.2, -0.15) is 4.73 Å². The highest BCUT2D eigenvalue weighted by atomic mass is 32.2. The van der Waals surface area contributed by atoms with Gasteiger partial charge in [-0.3, -0.25) is 24.1 Å². The van der Waals surface area contributed by atoms with Crippen molar-refractivity contribution in [3.63, 3.8) is 0 Å². The minimum absolute atomic E-state index is 0.0101. The van der Waals surface area contributed by atoms with Crippen LogP contribution in [0.1, 0.15) is 42.9 Å². The van der Waals surface area contributed by atoms with Crippen molar-refractivity contribution in [3.8, 4) is 5.75 Å². The number of pyridine rings is 1. The Balaban J connectivity index is 1.30. The molecule has 50 heavy (non-hydrogen) atoms. The summed E-state index contributed by atoms with van der Waals surface area (Å²) in [6.07, 6.45) is 2.42. The minimum Gasteiger partial charge on any atom is -0.503 e. The molecule has 2 aromatic heterocycles. The number of aromatic nitrogens is 2. The number of carbonyl (C=O) groups is 5. The van der Waals surface area contributed by atoms with E-state index in [1.165, 1.54) is 31.0 Å². The van der Waals surface area contributed by atoms with Crippen LogP contribution in [0.3, 0.4) is 0 Å². The van der Waals surface area contributed by atoms with Crippen molar-refractivity contribution in [1.29, 1.82) is 0 Å². The van der Waals surface area contributed by atoms with Crippen molar-refractivity contribution in [1.82, 2.24) is 25.2 Å². The molecular weight excluding hydrogens is 700 g/mol. The number of aromatic hydroxyl groups is 1. The van der Waals surface area contributed by atoms with Gasteiger partial charge in [-0.05, 0) is 13.8 Å². The Labute approximate surface area is 291 Å². The van der Waals surface area contributed by atoms with Crippen LogP contribution >= 0.6 is 23.1 Å². The molecule has 3 aliphatic rings. The number of quaternary nitrogens is 1. The maximum atomic E-state index is 13.4. The van der Waals surface area contributed by atoms with E-state index in [2.05, 4.69) is 20.8 Å². The molecule has 5 rings (SSSR count). The summed E-state index contributed by atoms with van der Waals surface area (Å²) in [6, 6.07) is -0.327. The first-order valence-corrected chi connectivity index (χ1v) is 17.2. The van der Waals surface area contributed by atoms with E-state index < -0.39 is 63.6 Å². The van der Waals surface area contributed by atoms with E-state index in [0.717, 1.165) is 35.1 Å². The number of carbonyl (C=O) groups excluding carboxylic acids is 3. The number of amides is 3. The molecule has 5 heterocycles. The number of oxime groups is 1. The van der Waals surface area contributed by atoms with Gasteiger partial charge in [0.1, 0.15) is 35.0 Å². The second-order valence-corrected chi connectivity index (χ2v) is 14.4. The van der Waals surface area contributed by atoms with Crippen molar-refractivity contribution in [2.75, 3.05) is 44.2 Å². The van der Waals surface area contributed by atoms with E-state index in [-0.39, 0.29) is 41.1 Å². The number of hydrogen-bond donors (Lipinski definition) is 7. The highest BCUT2D eigenvalue weighted by Crippen LogP contribution is 2.41. The van der Waals surface area contributed by atoms with Crippen LogP contribution in [0.4, 0.5) is 5.13 Å². The SMILES string of the molecule is CC(C)(O/N=C(\C(=O)N[C@@H]1C(=O)N2C(C(=O)O)=C(C[N+]3(CCNC(=O)c4cc(=O)c(O)cn4O)CCCC3)CS[C@H]12)c1csc(N)n1)C(=O)O. The molecule has 0 saturated carbocycles. The minimum atomic E-state index is -1.80. The third-order valence-electron chi connectivity index (χ3n) is 8.55. The smallest absolute Gasteiger partial charge is 0.352 e. The largest absolute Gasteiger partial charge is 0.503 e. The summed E-state index contributed by atoms with van der Waals surface area (Å²) in [7, 11) is 0. The molecule has 0 spiro atoms. The highest BCUT2D eigenvalue weighted by Gasteiger charge is 2.55. The van der Waals surface area contributed by atoms with Gasteiger partial charge in [0.25, 0.3) is 17.7 Å². The molecule has 3 aliphatic heterocycles. The number of likely N-dealkylation sites (tertiary alicyclic amines) is 1. The number of aliphatic carboxylic acids is 2. The molecule has 268 valence electrons. The van der Waals surface area contributed by atoms with Gasteiger partial charge in [0, 0.05) is 35.6 Å². The number of nitrogen functional groups attached to an aromatic ring is 1. The Kier molecular flexibility index (Phi) is 10.1. The van der Waals surface area contributed by atoms with Crippen LogP contribution in [0.15, 0.2) is 38.9 Å². The number of thiazole rings is 1. The molecular formula is C29H35N8O11S2+. The topological polar surface area (TPSA) is 276 Å². The molecule has 0 aromatic carbocycles.